The molecule has 16 heteroatoms. The Morgan fingerprint density at radius 3 is 2.33 bits per heavy atom. The molecule has 7 amide bonds. The van der Waals surface area contributed by atoms with E-state index in [1.807, 2.05) is 54.6 Å². The number of aromatic nitrogens is 2. The summed E-state index contributed by atoms with van der Waals surface area (Å²) >= 11 is 0. The predicted octanol–water partition coefficient (Wildman–Crippen LogP) is 4.89. The number of hydrogen-bond acceptors (Lipinski definition) is 11. The van der Waals surface area contributed by atoms with Gasteiger partial charge in [-0.05, 0) is 104 Å². The smallest absolute Gasteiger partial charge is 0.270 e. The van der Waals surface area contributed by atoms with E-state index in [-0.39, 0.29) is 54.3 Å². The molecule has 66 heavy (non-hydrogen) atoms. The maximum Gasteiger partial charge on any atom is 0.270 e. The highest BCUT2D eigenvalue weighted by Crippen LogP contribution is 2.34. The van der Waals surface area contributed by atoms with E-state index in [1.165, 1.54) is 0 Å². The number of fused-ring (bicyclic) bond motifs is 2. The van der Waals surface area contributed by atoms with Crippen molar-refractivity contribution >= 4 is 52.9 Å². The summed E-state index contributed by atoms with van der Waals surface area (Å²) in [6.07, 6.45) is 7.33. The number of unbranched alkanes of at least 4 members (excludes halogenated alkanes) is 1. The van der Waals surface area contributed by atoms with Crippen molar-refractivity contribution in [3.8, 4) is 0 Å². The second kappa shape index (κ2) is 19.3. The maximum atomic E-state index is 13.9. The van der Waals surface area contributed by atoms with Crippen LogP contribution >= 0.6 is 0 Å². The fraction of sp³-hybridized carbons (Fsp3) is 0.300. The van der Waals surface area contributed by atoms with Gasteiger partial charge in [0.2, 0.25) is 11.8 Å². The third-order valence-corrected chi connectivity index (χ3v) is 12.7. The second-order valence-corrected chi connectivity index (χ2v) is 17.1. The van der Waals surface area contributed by atoms with Gasteiger partial charge >= 0.3 is 0 Å². The molecule has 6 heterocycles. The van der Waals surface area contributed by atoms with Crippen LogP contribution in [0.15, 0.2) is 109 Å². The van der Waals surface area contributed by atoms with E-state index in [0.717, 1.165) is 66.9 Å². The zero-order chi connectivity index (χ0) is 45.7. The minimum atomic E-state index is -1.01. The minimum absolute atomic E-state index is 0.0307. The summed E-state index contributed by atoms with van der Waals surface area (Å²) in [5, 5.41) is 11.6. The molecule has 2 fully saturated rings. The van der Waals surface area contributed by atoms with Crippen molar-refractivity contribution in [3.05, 3.63) is 154 Å². The molecule has 2 saturated heterocycles. The van der Waals surface area contributed by atoms with Crippen LogP contribution in [-0.4, -0.2) is 104 Å². The molecule has 0 saturated carbocycles. The lowest BCUT2D eigenvalue weighted by Gasteiger charge is -2.32. The molecule has 2 atom stereocenters. The van der Waals surface area contributed by atoms with Crippen LogP contribution in [0.25, 0.3) is 0 Å². The number of nitrogens with one attached hydrogen (secondary N) is 4. The first-order chi connectivity index (χ1) is 32.1. The van der Waals surface area contributed by atoms with Gasteiger partial charge in [0, 0.05) is 62.3 Å². The first-order valence-corrected chi connectivity index (χ1v) is 22.4. The Bertz CT molecular complexity index is 2690. The largest absolute Gasteiger partial charge is 0.384 e. The topological polar surface area (TPSA) is 203 Å². The fourth-order valence-electron chi connectivity index (χ4n) is 9.23. The van der Waals surface area contributed by atoms with Gasteiger partial charge in [-0.1, -0.05) is 60.7 Å². The number of anilines is 2. The van der Waals surface area contributed by atoms with Crippen molar-refractivity contribution in [2.24, 2.45) is 0 Å². The van der Waals surface area contributed by atoms with Crippen LogP contribution < -0.4 is 21.3 Å². The van der Waals surface area contributed by atoms with E-state index < -0.39 is 35.7 Å². The molecule has 4 aliphatic rings. The average molecular weight is 888 g/mol. The van der Waals surface area contributed by atoms with Crippen LogP contribution in [0.4, 0.5) is 11.5 Å². The Morgan fingerprint density at radius 1 is 0.773 bits per heavy atom. The Kier molecular flexibility index (Phi) is 12.7. The number of likely N-dealkylation sites (tertiary alicyclic amines) is 1. The van der Waals surface area contributed by atoms with Gasteiger partial charge in [0.25, 0.3) is 29.5 Å². The summed E-state index contributed by atoms with van der Waals surface area (Å²) in [5.41, 5.74) is 5.28. The molecule has 0 spiro atoms. The first kappa shape index (κ1) is 43.7. The van der Waals surface area contributed by atoms with Crippen LogP contribution in [0.1, 0.15) is 108 Å². The number of piperidine rings is 2. The number of imide groups is 2. The van der Waals surface area contributed by atoms with Crippen LogP contribution in [0.3, 0.4) is 0 Å². The molecule has 0 aliphatic carbocycles. The third kappa shape index (κ3) is 9.31. The second-order valence-electron chi connectivity index (χ2n) is 17.1. The zero-order valence-corrected chi connectivity index (χ0v) is 36.2. The van der Waals surface area contributed by atoms with Crippen molar-refractivity contribution in [1.82, 2.24) is 35.3 Å². The van der Waals surface area contributed by atoms with Crippen LogP contribution in [0, 0.1) is 0 Å². The lowest BCUT2D eigenvalue weighted by Crippen LogP contribution is -2.54. The van der Waals surface area contributed by atoms with Crippen LogP contribution in [-0.2, 0) is 27.3 Å². The highest BCUT2D eigenvalue weighted by atomic mass is 16.2. The van der Waals surface area contributed by atoms with E-state index in [1.54, 1.807) is 59.8 Å². The standard InChI is InChI=1S/C50H49N9O7/c60-42-19-18-40(46(62)56-42)59-49(65)36-11-8-12-38(43(36)50(59)66)51-22-6-7-24-57-25-20-35(21-26-57)54-45(61)39-17-15-32(29-53-39)27-31-14-16-34-30-58(48(64)37(34)28-31)44(33-9-2-1-3-10-33)47(63)55-41-13-4-5-23-52-41/h1-5,8-17,23,28-29,35,40,44,51H,6-7,18-22,24-27,30H2,(H,54,61)(H,52,55,63)(H,56,60,62). The summed E-state index contributed by atoms with van der Waals surface area (Å²) < 4.78 is 0. The molecule has 9 rings (SSSR count). The number of carbonyl (C=O) groups excluding carboxylic acids is 7. The normalized spacial score (nSPS) is 17.9. The SMILES string of the molecule is O=C1CCC(N2C(=O)c3cccc(NCCCCN4CCC(NC(=O)c5ccc(Cc6ccc7c(c6)C(=O)N(C(C(=O)Nc6ccccn6)c6ccccc6)C7)cn5)CC4)c3C2=O)C(=O)N1. The van der Waals surface area contributed by atoms with Gasteiger partial charge in [-0.3, -0.25) is 48.8 Å². The van der Waals surface area contributed by atoms with Crippen molar-refractivity contribution in [2.45, 2.75) is 69.6 Å². The van der Waals surface area contributed by atoms with Gasteiger partial charge in [-0.25, -0.2) is 4.98 Å². The summed E-state index contributed by atoms with van der Waals surface area (Å²) in [7, 11) is 0. The monoisotopic (exact) mass is 887 g/mol. The maximum absolute atomic E-state index is 13.9. The van der Waals surface area contributed by atoms with Crippen molar-refractivity contribution in [2.75, 3.05) is 36.8 Å². The Morgan fingerprint density at radius 2 is 1.58 bits per heavy atom. The molecule has 0 radical (unpaired) electrons. The molecule has 4 aliphatic heterocycles. The highest BCUT2D eigenvalue weighted by Gasteiger charge is 2.45. The number of pyridine rings is 2. The molecular weight excluding hydrogens is 839 g/mol. The van der Waals surface area contributed by atoms with Crippen molar-refractivity contribution in [1.29, 1.82) is 0 Å². The molecule has 2 aromatic heterocycles. The molecule has 3 aromatic carbocycles. The van der Waals surface area contributed by atoms with E-state index in [9.17, 15) is 33.6 Å². The van der Waals surface area contributed by atoms with Crippen LogP contribution in [0.5, 0.6) is 0 Å². The molecule has 0 bridgehead atoms. The summed E-state index contributed by atoms with van der Waals surface area (Å²) in [6.45, 7) is 3.45. The fourth-order valence-corrected chi connectivity index (χ4v) is 9.23. The summed E-state index contributed by atoms with van der Waals surface area (Å²) in [6, 6.07) is 27.1. The lowest BCUT2D eigenvalue weighted by molar-refractivity contribution is -0.136. The predicted molar refractivity (Wildman–Crippen MR) is 243 cm³/mol. The number of carbonyl (C=O) groups is 7. The Hall–Kier alpha value is -7.59. The van der Waals surface area contributed by atoms with Gasteiger partial charge < -0.3 is 25.8 Å². The molecule has 336 valence electrons. The van der Waals surface area contributed by atoms with Gasteiger partial charge in [0.1, 0.15) is 23.6 Å². The quantitative estimate of drug-likeness (QED) is 0.0824. The van der Waals surface area contributed by atoms with E-state index >= 15 is 0 Å². The Labute approximate surface area is 381 Å². The summed E-state index contributed by atoms with van der Waals surface area (Å²) in [5.74, 6) is -2.50. The van der Waals surface area contributed by atoms with Gasteiger partial charge in [0.15, 0.2) is 0 Å². The zero-order valence-electron chi connectivity index (χ0n) is 36.2. The van der Waals surface area contributed by atoms with Gasteiger partial charge in [-0.2, -0.15) is 0 Å². The minimum Gasteiger partial charge on any atom is -0.384 e. The van der Waals surface area contributed by atoms with E-state index in [2.05, 4.69) is 36.1 Å². The number of amides is 7. The molecule has 4 N–H and O–H groups in total. The van der Waals surface area contributed by atoms with Gasteiger partial charge in [-0.15, -0.1) is 0 Å². The highest BCUT2D eigenvalue weighted by molar-refractivity contribution is 6.25. The van der Waals surface area contributed by atoms with E-state index in [0.29, 0.717) is 41.3 Å². The average Bonchev–Trinajstić information content (AvgIpc) is 3.78. The molecule has 2 unspecified atom stereocenters. The first-order valence-electron chi connectivity index (χ1n) is 22.4. The number of benzene rings is 3. The number of hydrogen-bond donors (Lipinski definition) is 4. The van der Waals surface area contributed by atoms with Crippen molar-refractivity contribution < 1.29 is 33.6 Å². The van der Waals surface area contributed by atoms with E-state index in [4.69, 9.17) is 0 Å². The number of rotatable bonds is 15. The Balaban J connectivity index is 0.716. The third-order valence-electron chi connectivity index (χ3n) is 12.7. The van der Waals surface area contributed by atoms with Gasteiger partial charge in [0.05, 0.1) is 11.1 Å². The lowest BCUT2D eigenvalue weighted by atomic mass is 10.0. The number of nitrogens with zero attached hydrogens (tertiary/aromatic N) is 5. The molecular formula is C50H49N9O7. The van der Waals surface area contributed by atoms with Crippen LogP contribution in [0.2, 0.25) is 0 Å². The molecule has 5 aromatic rings. The molecule has 16 nitrogen and oxygen atoms in total. The summed E-state index contributed by atoms with van der Waals surface area (Å²) in [4.78, 5) is 105. The van der Waals surface area contributed by atoms with Crippen molar-refractivity contribution in [3.63, 3.8) is 0 Å².